The maximum Gasteiger partial charge on any atom is 0.255 e. The largest absolute Gasteiger partial charge is 0.497 e. The van der Waals surface area contributed by atoms with E-state index in [1.165, 1.54) is 12.1 Å². The lowest BCUT2D eigenvalue weighted by Gasteiger charge is -2.31. The van der Waals surface area contributed by atoms with Crippen molar-refractivity contribution < 1.29 is 13.9 Å². The number of benzene rings is 2. The molecule has 140 valence electrons. The Bertz CT molecular complexity index is 911. The molecular formula is C19H17ClFN3O2S. The summed E-state index contributed by atoms with van der Waals surface area (Å²) in [5, 5.41) is 9.15. The number of nitrogens with one attached hydrogen (secondary N) is 3. The standard InChI is InChI=1S/C19H17ClFN3O2S/c1-10-15(18(25)23-11-6-8-12(26-2)9-7-11)17(24-19(27)22-10)16-13(20)4-3-5-14(16)21/h3-9,17H,1-2H3,(H,23,25)(H2,22,24,27)/t17-/m1/s1. The van der Waals surface area contributed by atoms with Crippen molar-refractivity contribution in [3.8, 4) is 5.75 Å². The van der Waals surface area contributed by atoms with Crippen LogP contribution < -0.4 is 20.7 Å². The van der Waals surface area contributed by atoms with Gasteiger partial charge >= 0.3 is 0 Å². The third-order valence-electron chi connectivity index (χ3n) is 4.15. The first-order valence-corrected chi connectivity index (χ1v) is 8.87. The molecule has 2 aromatic carbocycles. The van der Waals surface area contributed by atoms with Gasteiger partial charge in [-0.15, -0.1) is 0 Å². The molecule has 0 spiro atoms. The predicted octanol–water partition coefficient (Wildman–Crippen LogP) is 3.92. The molecule has 27 heavy (non-hydrogen) atoms. The Labute approximate surface area is 166 Å². The summed E-state index contributed by atoms with van der Waals surface area (Å²) < 4.78 is 19.6. The zero-order chi connectivity index (χ0) is 19.6. The zero-order valence-electron chi connectivity index (χ0n) is 14.6. The van der Waals surface area contributed by atoms with Gasteiger partial charge in [0.05, 0.1) is 18.7 Å². The molecule has 0 unspecified atom stereocenters. The summed E-state index contributed by atoms with van der Waals surface area (Å²) in [7, 11) is 1.56. The highest BCUT2D eigenvalue weighted by molar-refractivity contribution is 7.80. The SMILES string of the molecule is COc1ccc(NC(=O)C2=C(C)NC(=S)N[C@H]2c2c(F)cccc2Cl)cc1. The molecule has 1 atom stereocenters. The van der Waals surface area contributed by atoms with Gasteiger partial charge in [0.25, 0.3) is 5.91 Å². The Kier molecular flexibility index (Phi) is 5.62. The number of halogens is 2. The van der Waals surface area contributed by atoms with Crippen LogP contribution in [0.5, 0.6) is 5.75 Å². The molecule has 0 aliphatic carbocycles. The van der Waals surface area contributed by atoms with Crippen LogP contribution in [-0.4, -0.2) is 18.1 Å². The second-order valence-electron chi connectivity index (χ2n) is 5.89. The Balaban J connectivity index is 1.97. The molecule has 2 aromatic rings. The Morgan fingerprint density at radius 3 is 2.59 bits per heavy atom. The van der Waals surface area contributed by atoms with Crippen molar-refractivity contribution in [3.05, 3.63) is 70.1 Å². The van der Waals surface area contributed by atoms with Gasteiger partial charge in [0, 0.05) is 22.0 Å². The van der Waals surface area contributed by atoms with Crippen molar-refractivity contribution in [2.45, 2.75) is 13.0 Å². The lowest BCUT2D eigenvalue weighted by Crippen LogP contribution is -2.46. The van der Waals surface area contributed by atoms with Gasteiger partial charge in [0.1, 0.15) is 11.6 Å². The van der Waals surface area contributed by atoms with E-state index < -0.39 is 17.8 Å². The minimum absolute atomic E-state index is 0.169. The number of thiocarbonyl (C=S) groups is 1. The van der Waals surface area contributed by atoms with E-state index in [-0.39, 0.29) is 15.7 Å². The van der Waals surface area contributed by atoms with E-state index in [0.717, 1.165) is 0 Å². The fourth-order valence-corrected chi connectivity index (χ4v) is 3.41. The van der Waals surface area contributed by atoms with E-state index >= 15 is 0 Å². The summed E-state index contributed by atoms with van der Waals surface area (Å²) in [4.78, 5) is 13.0. The number of carbonyl (C=O) groups is 1. The molecular weight excluding hydrogens is 389 g/mol. The molecule has 5 nitrogen and oxygen atoms in total. The van der Waals surface area contributed by atoms with Gasteiger partial charge in [-0.1, -0.05) is 17.7 Å². The number of anilines is 1. The lowest BCUT2D eigenvalue weighted by molar-refractivity contribution is -0.113. The molecule has 0 aromatic heterocycles. The van der Waals surface area contributed by atoms with Crippen LogP contribution >= 0.6 is 23.8 Å². The summed E-state index contributed by atoms with van der Waals surface area (Å²) >= 11 is 11.4. The zero-order valence-corrected chi connectivity index (χ0v) is 16.2. The van der Waals surface area contributed by atoms with Crippen LogP contribution in [0.4, 0.5) is 10.1 Å². The second kappa shape index (κ2) is 7.94. The first kappa shape index (κ1) is 19.1. The maximum atomic E-state index is 14.5. The van der Waals surface area contributed by atoms with Gasteiger partial charge in [-0.05, 0) is 55.5 Å². The quantitative estimate of drug-likeness (QED) is 0.673. The monoisotopic (exact) mass is 405 g/mol. The van der Waals surface area contributed by atoms with Gasteiger partial charge in [0.2, 0.25) is 0 Å². The number of methoxy groups -OCH3 is 1. The number of carbonyl (C=O) groups excluding carboxylic acids is 1. The third kappa shape index (κ3) is 4.04. The summed E-state index contributed by atoms with van der Waals surface area (Å²) in [6.45, 7) is 1.71. The third-order valence-corrected chi connectivity index (χ3v) is 4.70. The van der Waals surface area contributed by atoms with Crippen LogP contribution in [0.1, 0.15) is 18.5 Å². The number of rotatable bonds is 4. The molecule has 0 saturated heterocycles. The van der Waals surface area contributed by atoms with Crippen LogP contribution in [0.15, 0.2) is 53.7 Å². The van der Waals surface area contributed by atoms with Crippen LogP contribution in [0.2, 0.25) is 5.02 Å². The normalized spacial score (nSPS) is 16.4. The van der Waals surface area contributed by atoms with Crippen LogP contribution in [0.25, 0.3) is 0 Å². The van der Waals surface area contributed by atoms with Crippen molar-refractivity contribution in [2.24, 2.45) is 0 Å². The average Bonchev–Trinajstić information content (AvgIpc) is 2.61. The van der Waals surface area contributed by atoms with E-state index in [1.54, 1.807) is 44.4 Å². The number of hydrogen-bond donors (Lipinski definition) is 3. The minimum atomic E-state index is -0.814. The Morgan fingerprint density at radius 2 is 1.96 bits per heavy atom. The highest BCUT2D eigenvalue weighted by Crippen LogP contribution is 2.34. The van der Waals surface area contributed by atoms with Gasteiger partial charge in [0.15, 0.2) is 5.11 Å². The van der Waals surface area contributed by atoms with E-state index in [9.17, 15) is 9.18 Å². The van der Waals surface area contributed by atoms with Crippen molar-refractivity contribution in [3.63, 3.8) is 0 Å². The number of ether oxygens (including phenoxy) is 1. The van der Waals surface area contributed by atoms with Crippen molar-refractivity contribution in [2.75, 3.05) is 12.4 Å². The molecule has 8 heteroatoms. The van der Waals surface area contributed by atoms with Crippen molar-refractivity contribution in [1.29, 1.82) is 0 Å². The summed E-state index contributed by atoms with van der Waals surface area (Å²) in [5.74, 6) is -0.248. The Hall–Kier alpha value is -2.64. The van der Waals surface area contributed by atoms with Crippen LogP contribution in [0.3, 0.4) is 0 Å². The molecule has 1 aliphatic rings. The molecule has 1 heterocycles. The fraction of sp³-hybridized carbons (Fsp3) is 0.158. The van der Waals surface area contributed by atoms with E-state index in [0.29, 0.717) is 22.7 Å². The lowest BCUT2D eigenvalue weighted by atomic mass is 9.94. The second-order valence-corrected chi connectivity index (χ2v) is 6.70. The highest BCUT2D eigenvalue weighted by Gasteiger charge is 2.33. The molecule has 1 aliphatic heterocycles. The van der Waals surface area contributed by atoms with Crippen molar-refractivity contribution in [1.82, 2.24) is 10.6 Å². The van der Waals surface area contributed by atoms with E-state index in [2.05, 4.69) is 16.0 Å². The summed E-state index contributed by atoms with van der Waals surface area (Å²) in [6.07, 6.45) is 0. The molecule has 0 radical (unpaired) electrons. The maximum absolute atomic E-state index is 14.5. The fourth-order valence-electron chi connectivity index (χ4n) is 2.87. The Morgan fingerprint density at radius 1 is 1.26 bits per heavy atom. The molecule has 0 saturated carbocycles. The van der Waals surface area contributed by atoms with Gasteiger partial charge < -0.3 is 20.7 Å². The summed E-state index contributed by atoms with van der Waals surface area (Å²) in [6, 6.07) is 10.4. The minimum Gasteiger partial charge on any atom is -0.497 e. The number of allylic oxidation sites excluding steroid dienone is 1. The van der Waals surface area contributed by atoms with Gasteiger partial charge in [-0.3, -0.25) is 4.79 Å². The van der Waals surface area contributed by atoms with Crippen LogP contribution in [0, 0.1) is 5.82 Å². The van der Waals surface area contributed by atoms with Crippen LogP contribution in [-0.2, 0) is 4.79 Å². The highest BCUT2D eigenvalue weighted by atomic mass is 35.5. The predicted molar refractivity (Wildman–Crippen MR) is 107 cm³/mol. The number of hydrogen-bond acceptors (Lipinski definition) is 3. The smallest absolute Gasteiger partial charge is 0.255 e. The van der Waals surface area contributed by atoms with Gasteiger partial charge in [-0.2, -0.15) is 0 Å². The topological polar surface area (TPSA) is 62.4 Å². The van der Waals surface area contributed by atoms with Gasteiger partial charge in [-0.25, -0.2) is 4.39 Å². The first-order chi connectivity index (χ1) is 12.9. The molecule has 0 bridgehead atoms. The van der Waals surface area contributed by atoms with E-state index in [1.807, 2.05) is 0 Å². The number of amides is 1. The molecule has 1 amide bonds. The molecule has 3 rings (SSSR count). The molecule has 0 fully saturated rings. The van der Waals surface area contributed by atoms with Crippen molar-refractivity contribution >= 4 is 40.5 Å². The summed E-state index contributed by atoms with van der Waals surface area (Å²) in [5.41, 5.74) is 1.57. The van der Waals surface area contributed by atoms with E-state index in [4.69, 9.17) is 28.6 Å². The first-order valence-electron chi connectivity index (χ1n) is 8.08. The molecule has 3 N–H and O–H groups in total. The average molecular weight is 406 g/mol.